The molecular formula is C33H37F3N6O4. The molecule has 6 rings (SSSR count). The minimum Gasteiger partial charge on any atom is -0.388 e. The smallest absolute Gasteiger partial charge is 0.388 e. The second kappa shape index (κ2) is 13.0. The lowest BCUT2D eigenvalue weighted by atomic mass is 9.90. The number of fused-ring (bicyclic) bond motifs is 1. The van der Waals surface area contributed by atoms with Crippen LogP contribution in [0.2, 0.25) is 0 Å². The summed E-state index contributed by atoms with van der Waals surface area (Å²) in [6.07, 6.45) is -3.67. The van der Waals surface area contributed by atoms with Crippen LogP contribution in [0.3, 0.4) is 0 Å². The fraction of sp³-hybridized carbons (Fsp3) is 0.455. The summed E-state index contributed by atoms with van der Waals surface area (Å²) in [7, 11) is 1.75. The lowest BCUT2D eigenvalue weighted by Crippen LogP contribution is -2.50. The van der Waals surface area contributed by atoms with Gasteiger partial charge in [0.15, 0.2) is 5.52 Å². The van der Waals surface area contributed by atoms with Gasteiger partial charge in [-0.2, -0.15) is 18.3 Å². The molecule has 2 aromatic carbocycles. The number of nitrogens with zero attached hydrogens (tertiary/aromatic N) is 6. The maximum atomic E-state index is 13.8. The molecule has 4 aromatic rings. The largest absolute Gasteiger partial charge is 0.396 e. The van der Waals surface area contributed by atoms with Gasteiger partial charge in [-0.15, -0.1) is 0 Å². The first-order valence-corrected chi connectivity index (χ1v) is 15.4. The number of carbonyl (C=O) groups excluding carboxylic acids is 1. The molecule has 1 atom stereocenters. The fourth-order valence-corrected chi connectivity index (χ4v) is 6.38. The van der Waals surface area contributed by atoms with Crippen molar-refractivity contribution in [1.82, 2.24) is 29.1 Å². The third kappa shape index (κ3) is 6.86. The first-order chi connectivity index (χ1) is 22.0. The van der Waals surface area contributed by atoms with Crippen molar-refractivity contribution in [2.24, 2.45) is 7.05 Å². The van der Waals surface area contributed by atoms with Gasteiger partial charge in [0.1, 0.15) is 5.52 Å². The number of ether oxygens (including phenoxy) is 1. The third-order valence-corrected chi connectivity index (χ3v) is 9.04. The average Bonchev–Trinajstić information content (AvgIpc) is 3.38. The summed E-state index contributed by atoms with van der Waals surface area (Å²) in [6, 6.07) is 15.5. The summed E-state index contributed by atoms with van der Waals surface area (Å²) in [5.41, 5.74) is 1.67. The predicted molar refractivity (Wildman–Crippen MR) is 165 cm³/mol. The van der Waals surface area contributed by atoms with Crippen LogP contribution in [0.5, 0.6) is 0 Å². The zero-order chi connectivity index (χ0) is 32.5. The molecule has 244 valence electrons. The Bertz CT molecular complexity index is 1720. The van der Waals surface area contributed by atoms with Crippen LogP contribution in [0, 0.1) is 0 Å². The normalized spacial score (nSPS) is 18.2. The fourth-order valence-electron chi connectivity index (χ4n) is 6.38. The minimum atomic E-state index is -4.57. The summed E-state index contributed by atoms with van der Waals surface area (Å²) in [4.78, 5) is 34.7. The van der Waals surface area contributed by atoms with Crippen LogP contribution in [-0.2, 0) is 29.7 Å². The first kappa shape index (κ1) is 31.9. The maximum absolute atomic E-state index is 13.8. The lowest BCUT2D eigenvalue weighted by molar-refractivity contribution is -0.162. The van der Waals surface area contributed by atoms with Crippen LogP contribution < -0.4 is 5.56 Å². The first-order valence-electron chi connectivity index (χ1n) is 15.4. The van der Waals surface area contributed by atoms with Crippen LogP contribution in [-0.4, -0.2) is 91.3 Å². The van der Waals surface area contributed by atoms with Crippen molar-refractivity contribution in [3.63, 3.8) is 0 Å². The Morgan fingerprint density at radius 2 is 1.67 bits per heavy atom. The van der Waals surface area contributed by atoms with Crippen LogP contribution in [0.1, 0.15) is 36.3 Å². The van der Waals surface area contributed by atoms with E-state index in [1.807, 2.05) is 12.1 Å². The van der Waals surface area contributed by atoms with Crippen molar-refractivity contribution in [3.8, 4) is 11.3 Å². The number of aliphatic hydroxyl groups is 1. The number of aryl methyl sites for hydroxylation is 1. The minimum absolute atomic E-state index is 0.0394. The molecule has 0 bridgehead atoms. The number of rotatable bonds is 8. The van der Waals surface area contributed by atoms with Gasteiger partial charge in [0.25, 0.3) is 5.56 Å². The number of aromatic nitrogens is 4. The second-order valence-corrected chi connectivity index (χ2v) is 12.2. The summed E-state index contributed by atoms with van der Waals surface area (Å²) in [5, 5.41) is 15.8. The van der Waals surface area contributed by atoms with Gasteiger partial charge in [-0.1, -0.05) is 54.6 Å². The number of hydrogen-bond acceptors (Lipinski definition) is 7. The van der Waals surface area contributed by atoms with E-state index in [4.69, 9.17) is 4.74 Å². The Hall–Kier alpha value is -4.07. The molecule has 1 unspecified atom stereocenters. The molecule has 0 saturated carbocycles. The highest BCUT2D eigenvalue weighted by atomic mass is 19.4. The molecular weight excluding hydrogens is 601 g/mol. The predicted octanol–water partition coefficient (Wildman–Crippen LogP) is 3.72. The van der Waals surface area contributed by atoms with E-state index < -0.39 is 35.6 Å². The molecule has 2 saturated heterocycles. The van der Waals surface area contributed by atoms with Crippen molar-refractivity contribution >= 4 is 16.9 Å². The molecule has 0 spiro atoms. The summed E-state index contributed by atoms with van der Waals surface area (Å²) in [6.45, 7) is 4.17. The van der Waals surface area contributed by atoms with Crippen LogP contribution in [0.15, 0.2) is 65.7 Å². The number of morpholine rings is 1. The molecule has 10 nitrogen and oxygen atoms in total. The number of amides is 1. The van der Waals surface area contributed by atoms with Crippen LogP contribution in [0.4, 0.5) is 13.2 Å². The Morgan fingerprint density at radius 1 is 1.00 bits per heavy atom. The Kier molecular flexibility index (Phi) is 8.99. The highest BCUT2D eigenvalue weighted by Gasteiger charge is 2.43. The van der Waals surface area contributed by atoms with E-state index in [-0.39, 0.29) is 43.6 Å². The number of carbonyl (C=O) groups is 1. The topological polar surface area (TPSA) is 106 Å². The SMILES string of the molecule is Cn1nc2c(=O)n(CC3(O)CCN(C(=O)CC(c4ccccc4)C(F)(F)F)CC3)cnc2c1-c1ccc(CN2CCOCC2)cc1. The number of hydrogen-bond donors (Lipinski definition) is 1. The van der Waals surface area contributed by atoms with Crippen molar-refractivity contribution in [2.45, 2.75) is 50.0 Å². The van der Waals surface area contributed by atoms with Gasteiger partial charge in [0, 0.05) is 51.8 Å². The summed E-state index contributed by atoms with van der Waals surface area (Å²) >= 11 is 0. The number of piperidine rings is 1. The molecule has 13 heteroatoms. The zero-order valence-corrected chi connectivity index (χ0v) is 25.6. The monoisotopic (exact) mass is 638 g/mol. The highest BCUT2D eigenvalue weighted by molar-refractivity contribution is 5.89. The number of likely N-dealkylation sites (tertiary alicyclic amines) is 1. The molecule has 4 heterocycles. The van der Waals surface area contributed by atoms with E-state index in [1.54, 1.807) is 17.8 Å². The molecule has 0 radical (unpaired) electrons. The maximum Gasteiger partial charge on any atom is 0.396 e. The van der Waals surface area contributed by atoms with Gasteiger partial charge in [-0.3, -0.25) is 23.7 Å². The van der Waals surface area contributed by atoms with Gasteiger partial charge < -0.3 is 14.7 Å². The average molecular weight is 639 g/mol. The summed E-state index contributed by atoms with van der Waals surface area (Å²) < 4.78 is 49.8. The summed E-state index contributed by atoms with van der Waals surface area (Å²) in [5.74, 6) is -2.53. The van der Waals surface area contributed by atoms with Crippen molar-refractivity contribution in [2.75, 3.05) is 39.4 Å². The van der Waals surface area contributed by atoms with Crippen LogP contribution in [0.25, 0.3) is 22.3 Å². The van der Waals surface area contributed by atoms with Crippen LogP contribution >= 0.6 is 0 Å². The van der Waals surface area contributed by atoms with Gasteiger partial charge in [0.05, 0.1) is 43.3 Å². The van der Waals surface area contributed by atoms with Crippen molar-refractivity contribution in [1.29, 1.82) is 0 Å². The van der Waals surface area contributed by atoms with Gasteiger partial charge in [-0.25, -0.2) is 4.98 Å². The van der Waals surface area contributed by atoms with E-state index in [9.17, 15) is 27.9 Å². The number of alkyl halides is 3. The molecule has 1 N–H and O–H groups in total. The molecule has 46 heavy (non-hydrogen) atoms. The Labute approximate surface area is 264 Å². The molecule has 2 aliphatic heterocycles. The number of benzene rings is 2. The third-order valence-electron chi connectivity index (χ3n) is 9.04. The van der Waals surface area contributed by atoms with E-state index in [2.05, 4.69) is 27.1 Å². The van der Waals surface area contributed by atoms with Gasteiger partial charge in [-0.05, 0) is 24.0 Å². The molecule has 2 aromatic heterocycles. The Morgan fingerprint density at radius 3 is 2.33 bits per heavy atom. The van der Waals surface area contributed by atoms with E-state index in [0.717, 1.165) is 38.4 Å². The van der Waals surface area contributed by atoms with Gasteiger partial charge >= 0.3 is 6.18 Å². The van der Waals surface area contributed by atoms with Gasteiger partial charge in [0.2, 0.25) is 5.91 Å². The van der Waals surface area contributed by atoms with E-state index >= 15 is 0 Å². The molecule has 1 amide bonds. The highest BCUT2D eigenvalue weighted by Crippen LogP contribution is 2.38. The Balaban J connectivity index is 1.12. The molecule has 2 aliphatic rings. The van der Waals surface area contributed by atoms with E-state index in [1.165, 1.54) is 45.6 Å². The molecule has 2 fully saturated rings. The lowest BCUT2D eigenvalue weighted by Gasteiger charge is -2.39. The van der Waals surface area contributed by atoms with Crippen molar-refractivity contribution in [3.05, 3.63) is 82.4 Å². The van der Waals surface area contributed by atoms with E-state index in [0.29, 0.717) is 11.2 Å². The van der Waals surface area contributed by atoms with Crippen molar-refractivity contribution < 1.29 is 27.8 Å². The zero-order valence-electron chi connectivity index (χ0n) is 25.6. The quantitative estimate of drug-likeness (QED) is 0.314. The standard InChI is InChI=1S/C33H37F3N6O4/c1-39-30(25-9-7-23(8-10-25)20-40-15-17-46-18-16-40)28-29(38-39)31(44)42(22-37-28)21-32(45)11-13-41(14-12-32)27(43)19-26(33(34,35)36)24-5-3-2-4-6-24/h2-10,22,26,45H,11-21H2,1H3. The number of halogens is 3. The second-order valence-electron chi connectivity index (χ2n) is 12.2. The molecule has 0 aliphatic carbocycles.